The van der Waals surface area contributed by atoms with Crippen LogP contribution in [0.3, 0.4) is 0 Å². The van der Waals surface area contributed by atoms with Crippen LogP contribution in [0.25, 0.3) is 0 Å². The van der Waals surface area contributed by atoms with Gasteiger partial charge in [0.05, 0.1) is 24.3 Å². The van der Waals surface area contributed by atoms with Crippen LogP contribution in [-0.4, -0.2) is 45.7 Å². The Morgan fingerprint density at radius 1 is 1.17 bits per heavy atom. The van der Waals surface area contributed by atoms with Crippen LogP contribution in [0.4, 0.5) is 23.7 Å². The van der Waals surface area contributed by atoms with Crippen molar-refractivity contribution in [1.82, 2.24) is 9.88 Å². The molecule has 2 fully saturated rings. The molecule has 2 aromatic rings. The van der Waals surface area contributed by atoms with Gasteiger partial charge in [-0.15, -0.1) is 0 Å². The molecule has 2 bridgehead atoms. The van der Waals surface area contributed by atoms with Gasteiger partial charge in [0.25, 0.3) is 5.91 Å². The second kappa shape index (κ2) is 7.03. The number of pyridine rings is 1. The van der Waals surface area contributed by atoms with E-state index in [0.29, 0.717) is 24.8 Å². The first kappa shape index (κ1) is 19.2. The molecule has 3 heterocycles. The zero-order chi connectivity index (χ0) is 20.8. The van der Waals surface area contributed by atoms with Gasteiger partial charge in [0.1, 0.15) is 11.8 Å². The largest absolute Gasteiger partial charge is 0.465 e. The average Bonchev–Trinajstić information content (AvgIpc) is 3.29. The number of fused-ring (bicyclic) bond motifs is 2. The maximum Gasteiger partial charge on any atom is 0.417 e. The van der Waals surface area contributed by atoms with Crippen LogP contribution in [0, 0.1) is 0 Å². The Labute approximate surface area is 163 Å². The third kappa shape index (κ3) is 3.75. The number of anilines is 1. The van der Waals surface area contributed by atoms with Crippen molar-refractivity contribution in [2.24, 2.45) is 0 Å². The quantitative estimate of drug-likeness (QED) is 0.812. The smallest absolute Gasteiger partial charge is 0.417 e. The van der Waals surface area contributed by atoms with Crippen molar-refractivity contribution >= 4 is 17.7 Å². The molecule has 4 rings (SSSR count). The number of nitrogens with one attached hydrogen (secondary N) is 1. The van der Waals surface area contributed by atoms with Gasteiger partial charge in [-0.25, -0.2) is 4.79 Å². The highest BCUT2D eigenvalue weighted by Crippen LogP contribution is 2.42. The second-order valence-corrected chi connectivity index (χ2v) is 6.92. The van der Waals surface area contributed by atoms with Gasteiger partial charge in [-0.2, -0.15) is 13.2 Å². The molecule has 0 spiro atoms. The molecule has 2 N–H and O–H groups in total. The number of carbonyl (C=O) groups is 2. The Morgan fingerprint density at radius 3 is 2.45 bits per heavy atom. The van der Waals surface area contributed by atoms with Gasteiger partial charge in [0, 0.05) is 11.9 Å². The number of nitrogens with zero attached hydrogens (tertiary/aromatic N) is 2. The number of ether oxygens (including phenoxy) is 1. The second-order valence-electron chi connectivity index (χ2n) is 6.92. The highest BCUT2D eigenvalue weighted by Gasteiger charge is 2.48. The van der Waals surface area contributed by atoms with E-state index in [-0.39, 0.29) is 23.9 Å². The van der Waals surface area contributed by atoms with Crippen LogP contribution in [0.2, 0.25) is 0 Å². The fraction of sp³-hybridized carbons (Fsp3) is 0.316. The fourth-order valence-electron chi connectivity index (χ4n) is 3.68. The third-order valence-electron chi connectivity index (χ3n) is 5.06. The molecule has 0 saturated carbocycles. The molecule has 29 heavy (non-hydrogen) atoms. The van der Waals surface area contributed by atoms with Crippen LogP contribution >= 0.6 is 0 Å². The van der Waals surface area contributed by atoms with E-state index in [1.165, 1.54) is 4.90 Å². The highest BCUT2D eigenvalue weighted by molar-refractivity contribution is 6.02. The lowest BCUT2D eigenvalue weighted by molar-refractivity contribution is -0.137. The molecule has 2 aliphatic heterocycles. The minimum atomic E-state index is -4.52. The molecule has 1 aromatic heterocycles. The van der Waals surface area contributed by atoms with Gasteiger partial charge in [-0.1, -0.05) is 12.1 Å². The first-order valence-electron chi connectivity index (χ1n) is 8.82. The summed E-state index contributed by atoms with van der Waals surface area (Å²) in [6.45, 7) is 0.366. The van der Waals surface area contributed by atoms with Gasteiger partial charge in [0.2, 0.25) is 0 Å². The van der Waals surface area contributed by atoms with E-state index >= 15 is 0 Å². The molecule has 0 unspecified atom stereocenters. The van der Waals surface area contributed by atoms with Crippen molar-refractivity contribution in [1.29, 1.82) is 0 Å². The predicted octanol–water partition coefficient (Wildman–Crippen LogP) is 3.54. The summed E-state index contributed by atoms with van der Waals surface area (Å²) < 4.78 is 43.6. The number of hydrogen-bond donors (Lipinski definition) is 2. The number of carboxylic acid groups (broad SMARTS) is 1. The Kier molecular flexibility index (Phi) is 4.65. The van der Waals surface area contributed by atoms with E-state index in [2.05, 4.69) is 10.3 Å². The fourth-order valence-corrected chi connectivity index (χ4v) is 3.68. The van der Waals surface area contributed by atoms with E-state index in [4.69, 9.17) is 4.74 Å². The summed E-state index contributed by atoms with van der Waals surface area (Å²) in [7, 11) is 0. The Hall–Kier alpha value is -3.14. The number of halogens is 3. The number of hydrogen-bond acceptors (Lipinski definition) is 4. The normalized spacial score (nSPS) is 23.3. The van der Waals surface area contributed by atoms with Crippen molar-refractivity contribution in [2.75, 3.05) is 11.9 Å². The number of carbonyl (C=O) groups excluding carboxylic acids is 1. The summed E-state index contributed by atoms with van der Waals surface area (Å²) in [5, 5.41) is 11.8. The number of likely N-dealkylation sites (tertiary alicyclic amines) is 1. The number of morpholine rings is 1. The molecule has 7 nitrogen and oxygen atoms in total. The molecule has 10 heteroatoms. The zero-order valence-corrected chi connectivity index (χ0v) is 14.9. The number of rotatable bonds is 3. The third-order valence-corrected chi connectivity index (χ3v) is 5.06. The minimum absolute atomic E-state index is 0.119. The lowest BCUT2D eigenvalue weighted by Crippen LogP contribution is -2.42. The number of benzene rings is 1. The van der Waals surface area contributed by atoms with E-state index in [0.717, 1.165) is 17.7 Å². The molecule has 3 atom stereocenters. The highest BCUT2D eigenvalue weighted by atomic mass is 19.4. The standard InChI is InChI=1S/C19H16F3N3O4/c20-19(21,22)11-3-6-14(23-8-11)17(26)24-12-4-1-10(2-5-12)16-15-7-13(29-16)9-25(15)18(27)28/h1-6,8,13,15-16H,7,9H2,(H,24,26)(H,27,28)/t13-,15-,16+/m0/s1. The first-order valence-corrected chi connectivity index (χ1v) is 8.82. The summed E-state index contributed by atoms with van der Waals surface area (Å²) in [4.78, 5) is 28.4. The number of amides is 2. The van der Waals surface area contributed by atoms with Gasteiger partial charge in [0.15, 0.2) is 0 Å². The van der Waals surface area contributed by atoms with Crippen LogP contribution in [-0.2, 0) is 10.9 Å². The lowest BCUT2D eigenvalue weighted by atomic mass is 10.0. The molecule has 0 aliphatic carbocycles. The van der Waals surface area contributed by atoms with E-state index in [1.54, 1.807) is 24.3 Å². The zero-order valence-electron chi connectivity index (χ0n) is 14.9. The maximum absolute atomic E-state index is 12.6. The molecular formula is C19H16F3N3O4. The van der Waals surface area contributed by atoms with Gasteiger partial charge < -0.3 is 15.2 Å². The lowest BCUT2D eigenvalue weighted by Gasteiger charge is -2.31. The maximum atomic E-state index is 12.6. The summed E-state index contributed by atoms with van der Waals surface area (Å²) in [6, 6.07) is 8.26. The number of aromatic nitrogens is 1. The van der Waals surface area contributed by atoms with Crippen molar-refractivity contribution in [3.63, 3.8) is 0 Å². The van der Waals surface area contributed by atoms with E-state index in [9.17, 15) is 27.9 Å². The average molecular weight is 407 g/mol. The minimum Gasteiger partial charge on any atom is -0.465 e. The molecule has 0 radical (unpaired) electrons. The molecule has 1 aromatic carbocycles. The molecule has 2 amide bonds. The Morgan fingerprint density at radius 2 is 1.90 bits per heavy atom. The van der Waals surface area contributed by atoms with Crippen LogP contribution < -0.4 is 5.32 Å². The predicted molar refractivity (Wildman–Crippen MR) is 94.4 cm³/mol. The summed E-state index contributed by atoms with van der Waals surface area (Å²) in [6.07, 6.45) is -4.72. The Balaban J connectivity index is 1.42. The van der Waals surface area contributed by atoms with Gasteiger partial charge >= 0.3 is 12.3 Å². The summed E-state index contributed by atoms with van der Waals surface area (Å²) >= 11 is 0. The van der Waals surface area contributed by atoms with E-state index in [1.807, 2.05) is 0 Å². The molecule has 2 saturated heterocycles. The molecule has 2 aliphatic rings. The monoisotopic (exact) mass is 407 g/mol. The SMILES string of the molecule is O=C(Nc1ccc([C@H]2O[C@H]3C[C@@H]2N(C(=O)O)C3)cc1)c1ccc(C(F)(F)F)cn1. The summed E-state index contributed by atoms with van der Waals surface area (Å²) in [5.74, 6) is -0.639. The van der Waals surface area contributed by atoms with E-state index < -0.39 is 23.7 Å². The van der Waals surface area contributed by atoms with Crippen LogP contribution in [0.5, 0.6) is 0 Å². The van der Waals surface area contributed by atoms with Gasteiger partial charge in [-0.05, 0) is 36.2 Å². The molecule has 152 valence electrons. The van der Waals surface area contributed by atoms with Crippen LogP contribution in [0.15, 0.2) is 42.6 Å². The van der Waals surface area contributed by atoms with Crippen LogP contribution in [0.1, 0.15) is 34.1 Å². The first-order chi connectivity index (χ1) is 13.7. The van der Waals surface area contributed by atoms with Crippen molar-refractivity contribution < 1.29 is 32.6 Å². The van der Waals surface area contributed by atoms with Gasteiger partial charge in [-0.3, -0.25) is 14.7 Å². The van der Waals surface area contributed by atoms with Crippen molar-refractivity contribution in [3.8, 4) is 0 Å². The summed E-state index contributed by atoms with van der Waals surface area (Å²) in [5.41, 5.74) is 0.142. The van der Waals surface area contributed by atoms with Crippen molar-refractivity contribution in [2.45, 2.75) is 30.8 Å². The Bertz CT molecular complexity index is 931. The van der Waals surface area contributed by atoms with Crippen molar-refractivity contribution in [3.05, 3.63) is 59.4 Å². The number of alkyl halides is 3. The topological polar surface area (TPSA) is 91.8 Å². The molecular weight excluding hydrogens is 391 g/mol.